The fraction of sp³-hybridized carbons (Fsp3) is 0. The Balaban J connectivity index is 2.69. The molecule has 0 bridgehead atoms. The lowest BCUT2D eigenvalue weighted by molar-refractivity contribution is 0.434. The van der Waals surface area contributed by atoms with E-state index in [1.165, 1.54) is 0 Å². The van der Waals surface area contributed by atoms with E-state index in [-0.39, 0.29) is 0 Å². The summed E-state index contributed by atoms with van der Waals surface area (Å²) >= 11 is 21.0. The summed E-state index contributed by atoms with van der Waals surface area (Å²) in [5.74, 6) is -49.0. The van der Waals surface area contributed by atoms with Crippen molar-refractivity contribution >= 4 is 74.4 Å². The van der Waals surface area contributed by atoms with E-state index >= 15 is 35.1 Å². The molecule has 0 aliphatic heterocycles. The van der Waals surface area contributed by atoms with Crippen molar-refractivity contribution < 1.29 is 70.2 Å². The summed E-state index contributed by atoms with van der Waals surface area (Å²) in [4.78, 5) is 0. The third-order valence-electron chi connectivity index (χ3n) is 6.71. The first-order valence-corrected chi connectivity index (χ1v) is 12.4. The Bertz CT molecular complexity index is 1580. The topological polar surface area (TPSA) is 0 Å². The van der Waals surface area contributed by atoms with E-state index in [0.717, 1.165) is 0 Å². The molecule has 0 saturated carbocycles. The zero-order chi connectivity index (χ0) is 34.4. The number of rotatable bonds is 4. The molecule has 0 atom stereocenters. The first kappa shape index (κ1) is 34.9. The summed E-state index contributed by atoms with van der Waals surface area (Å²) in [7, 11) is 0. The molecule has 0 aliphatic carbocycles. The van der Waals surface area contributed by atoms with Crippen LogP contribution >= 0.6 is 46.4 Å². The molecule has 0 spiro atoms. The molecule has 0 amide bonds. The third kappa shape index (κ3) is 4.55. The zero-order valence-corrected chi connectivity index (χ0v) is 23.2. The highest BCUT2D eigenvalue weighted by Gasteiger charge is 2.51. The highest BCUT2D eigenvalue weighted by atomic mass is 35.5. The molecule has 0 fully saturated rings. The van der Waals surface area contributed by atoms with E-state index in [9.17, 15) is 35.1 Å². The van der Waals surface area contributed by atoms with Crippen LogP contribution in [0.5, 0.6) is 0 Å². The van der Waals surface area contributed by atoms with Crippen molar-refractivity contribution in [2.24, 2.45) is 0 Å². The van der Waals surface area contributed by atoms with Crippen molar-refractivity contribution in [3.63, 3.8) is 0 Å². The molecule has 0 aromatic heterocycles. The summed E-state index contributed by atoms with van der Waals surface area (Å²) < 4.78 is 242. The van der Waals surface area contributed by atoms with Crippen LogP contribution in [0.25, 0.3) is 0 Å². The van der Waals surface area contributed by atoms with Crippen molar-refractivity contribution in [1.82, 2.24) is 0 Å². The van der Waals surface area contributed by atoms with Gasteiger partial charge >= 0.3 is 0 Å². The second-order valence-electron chi connectivity index (χ2n) is 8.80. The third-order valence-corrected chi connectivity index (χ3v) is 8.03. The highest BCUT2D eigenvalue weighted by molar-refractivity contribution is 7.20. The maximum Gasteiger partial charge on any atom is 0.192 e. The van der Waals surface area contributed by atoms with Crippen LogP contribution in [0.3, 0.4) is 0 Å². The maximum absolute atomic E-state index is 15.8. The van der Waals surface area contributed by atoms with Gasteiger partial charge in [0.2, 0.25) is 0 Å². The average molecular weight is 745 g/mol. The number of hydrogen-bond donors (Lipinski definition) is 0. The van der Waals surface area contributed by atoms with Gasteiger partial charge in [0.05, 0.1) is 0 Å². The summed E-state index contributed by atoms with van der Waals surface area (Å²) in [5, 5.41) is -9.52. The normalized spacial score (nSPS) is 12.0. The first-order valence-electron chi connectivity index (χ1n) is 10.9. The van der Waals surface area contributed by atoms with Crippen LogP contribution in [0, 0.1) is 93.1 Å². The number of benzene rings is 4. The van der Waals surface area contributed by atoms with Gasteiger partial charge in [0.25, 0.3) is 0 Å². The molecule has 240 valence electrons. The van der Waals surface area contributed by atoms with Gasteiger partial charge in [-0.15, -0.1) is 21.9 Å². The van der Waals surface area contributed by atoms with E-state index in [4.69, 9.17) is 46.4 Å². The standard InChI is InChI=1S/C24BCl4F16/c26-5-9(30)1(13(34)21(42)17(5)38)25(2-10(31)6(27)18(39)22(43)14(2)35,3-11(32)7(28)19(40)23(44)15(3)36)4-12(33)8(29)20(41)24(45)16(4)37/q-1. The zero-order valence-electron chi connectivity index (χ0n) is 20.1. The summed E-state index contributed by atoms with van der Waals surface area (Å²) in [6.07, 6.45) is -6.59. The van der Waals surface area contributed by atoms with Crippen LogP contribution in [0.2, 0.25) is 20.1 Å². The van der Waals surface area contributed by atoms with Crippen LogP contribution in [-0.2, 0) is 0 Å². The summed E-state index contributed by atoms with van der Waals surface area (Å²) in [6, 6.07) is 0. The molecule has 0 saturated heterocycles. The second kappa shape index (κ2) is 11.7. The molecule has 4 aromatic rings. The van der Waals surface area contributed by atoms with Gasteiger partial charge in [0.1, 0.15) is 72.8 Å². The SMILES string of the molecule is Fc1c(F)c(Cl)c(F)c([B-](c2c(F)c(F)c(F)c(Cl)c2F)(c2c(F)c(F)c(F)c(Cl)c2F)c2c(F)c(F)c(F)c(Cl)c2F)c1F. The minimum atomic E-state index is -6.59. The molecule has 4 aromatic carbocycles. The van der Waals surface area contributed by atoms with Crippen LogP contribution in [0.15, 0.2) is 0 Å². The second-order valence-corrected chi connectivity index (χ2v) is 10.3. The minimum Gasteiger partial charge on any atom is -0.209 e. The Morgan fingerprint density at radius 2 is 0.378 bits per heavy atom. The predicted molar refractivity (Wildman–Crippen MR) is 129 cm³/mol. The van der Waals surface area contributed by atoms with E-state index in [2.05, 4.69) is 0 Å². The molecule has 0 unspecified atom stereocenters. The van der Waals surface area contributed by atoms with Crippen LogP contribution in [-0.4, -0.2) is 6.15 Å². The van der Waals surface area contributed by atoms with Crippen LogP contribution < -0.4 is 21.9 Å². The Kier molecular flexibility index (Phi) is 9.03. The predicted octanol–water partition coefficient (Wildman–Crippen LogP) is 7.90. The lowest BCUT2D eigenvalue weighted by Gasteiger charge is -2.45. The molecular formula is C24BCl4F16-. The Hall–Kier alpha value is -3.02. The van der Waals surface area contributed by atoms with Gasteiger partial charge in [-0.05, 0) is 0 Å². The molecule has 0 N–H and O–H groups in total. The molecule has 21 heteroatoms. The van der Waals surface area contributed by atoms with Gasteiger partial charge in [0, 0.05) is 0 Å². The van der Waals surface area contributed by atoms with Crippen LogP contribution in [0.4, 0.5) is 70.2 Å². The van der Waals surface area contributed by atoms with Gasteiger partial charge in [-0.1, -0.05) is 46.4 Å². The molecule has 45 heavy (non-hydrogen) atoms. The monoisotopic (exact) mass is 743 g/mol. The van der Waals surface area contributed by atoms with Gasteiger partial charge in [-0.3, -0.25) is 0 Å². The van der Waals surface area contributed by atoms with Crippen molar-refractivity contribution in [2.45, 2.75) is 0 Å². The summed E-state index contributed by atoms with van der Waals surface area (Å²) in [5.41, 5.74) is -12.1. The number of hydrogen-bond acceptors (Lipinski definition) is 0. The largest absolute Gasteiger partial charge is 0.209 e. The Morgan fingerprint density at radius 3 is 0.533 bits per heavy atom. The molecule has 0 radical (unpaired) electrons. The van der Waals surface area contributed by atoms with Crippen molar-refractivity contribution in [3.8, 4) is 0 Å². The number of halogens is 20. The van der Waals surface area contributed by atoms with Crippen molar-refractivity contribution in [3.05, 3.63) is 113 Å². The summed E-state index contributed by atoms with van der Waals surface area (Å²) in [6.45, 7) is 0. The van der Waals surface area contributed by atoms with Crippen molar-refractivity contribution in [1.29, 1.82) is 0 Å². The van der Waals surface area contributed by atoms with Gasteiger partial charge in [-0.25, -0.2) is 70.2 Å². The molecule has 0 aliphatic rings. The molecule has 0 heterocycles. The van der Waals surface area contributed by atoms with Gasteiger partial charge in [0.15, 0.2) is 46.5 Å². The van der Waals surface area contributed by atoms with Crippen LogP contribution in [0.1, 0.15) is 0 Å². The smallest absolute Gasteiger partial charge is 0.192 e. The van der Waals surface area contributed by atoms with Gasteiger partial charge in [-0.2, -0.15) is 0 Å². The Morgan fingerprint density at radius 1 is 0.222 bits per heavy atom. The minimum absolute atomic E-state index is 2.38. The van der Waals surface area contributed by atoms with E-state index in [1.54, 1.807) is 0 Å². The van der Waals surface area contributed by atoms with E-state index in [0.29, 0.717) is 0 Å². The van der Waals surface area contributed by atoms with E-state index in [1.807, 2.05) is 0 Å². The lowest BCUT2D eigenvalue weighted by Crippen LogP contribution is -2.80. The first-order chi connectivity index (χ1) is 20.7. The average Bonchev–Trinajstić information content (AvgIpc) is 3.00. The molecule has 4 rings (SSSR count). The van der Waals surface area contributed by atoms with Gasteiger partial charge < -0.3 is 0 Å². The molecular weight excluding hydrogens is 745 g/mol. The maximum atomic E-state index is 15.8. The highest BCUT2D eigenvalue weighted by Crippen LogP contribution is 2.34. The quantitative estimate of drug-likeness (QED) is 0.0864. The Labute approximate surface area is 257 Å². The van der Waals surface area contributed by atoms with E-state index < -0.39 is 141 Å². The molecule has 0 nitrogen and oxygen atoms in total. The fourth-order valence-electron chi connectivity index (χ4n) is 4.87. The van der Waals surface area contributed by atoms with Crippen molar-refractivity contribution in [2.75, 3.05) is 0 Å². The fourth-order valence-corrected chi connectivity index (χ4v) is 5.61. The lowest BCUT2D eigenvalue weighted by atomic mass is 9.12.